The molecule has 229 valence electrons. The maximum absolute atomic E-state index is 11.5. The van der Waals surface area contributed by atoms with E-state index in [1.54, 1.807) is 0 Å². The molecule has 1 heterocycles. The largest absolute Gasteiger partial charge is 0.512 e. The van der Waals surface area contributed by atoms with E-state index in [9.17, 15) is 9.90 Å². The Morgan fingerprint density at radius 3 is 2.16 bits per heavy atom. The molecule has 1 aliphatic rings. The van der Waals surface area contributed by atoms with Crippen molar-refractivity contribution >= 4 is 16.6 Å². The van der Waals surface area contributed by atoms with Crippen LogP contribution in [0.3, 0.4) is 0 Å². The van der Waals surface area contributed by atoms with Gasteiger partial charge >= 0.3 is 0 Å². The molecule has 1 N–H and O–H groups in total. The molecular weight excluding hydrogens is 709 g/mol. The predicted molar refractivity (Wildman–Crippen MR) is 175 cm³/mol. The number of allylic oxidation sites excluding steroid dienone is 2. The Bertz CT molecular complexity index is 1660. The van der Waals surface area contributed by atoms with Crippen molar-refractivity contribution in [2.24, 2.45) is 10.8 Å². The van der Waals surface area contributed by atoms with Gasteiger partial charge in [-0.2, -0.15) is 0 Å². The zero-order chi connectivity index (χ0) is 31.0. The van der Waals surface area contributed by atoms with Crippen LogP contribution in [0, 0.1) is 23.8 Å². The summed E-state index contributed by atoms with van der Waals surface area (Å²) in [5.74, 6) is 0.862. The first kappa shape index (κ1) is 34.4. The molecule has 0 unspecified atom stereocenters. The summed E-state index contributed by atoms with van der Waals surface area (Å²) in [6.07, 6.45) is 5.41. The van der Waals surface area contributed by atoms with Crippen molar-refractivity contribution in [1.29, 1.82) is 0 Å². The van der Waals surface area contributed by atoms with Crippen molar-refractivity contribution in [3.8, 4) is 22.6 Å². The summed E-state index contributed by atoms with van der Waals surface area (Å²) in [7, 11) is 0. The molecule has 5 heteroatoms. The van der Waals surface area contributed by atoms with E-state index >= 15 is 0 Å². The first-order chi connectivity index (χ1) is 19.4. The summed E-state index contributed by atoms with van der Waals surface area (Å²) in [4.78, 5) is 21.3. The molecule has 43 heavy (non-hydrogen) atoms. The van der Waals surface area contributed by atoms with Crippen LogP contribution in [-0.2, 0) is 43.2 Å². The maximum Gasteiger partial charge on any atom is 0.164 e. The summed E-state index contributed by atoms with van der Waals surface area (Å²) < 4.78 is 0. The minimum Gasteiger partial charge on any atom is -0.512 e. The van der Waals surface area contributed by atoms with E-state index in [1.165, 1.54) is 39.3 Å². The molecule has 0 atom stereocenters. The van der Waals surface area contributed by atoms with E-state index in [0.29, 0.717) is 0 Å². The van der Waals surface area contributed by atoms with Gasteiger partial charge in [-0.05, 0) is 36.3 Å². The van der Waals surface area contributed by atoms with Gasteiger partial charge in [-0.15, -0.1) is 29.1 Å². The molecule has 1 aromatic heterocycles. The fraction of sp³-hybridized carbons (Fsp3) is 0.395. The fourth-order valence-electron chi connectivity index (χ4n) is 4.91. The standard InChI is InChI=1S/C27H25N2.C11H20O2.Ir/c1-17-9-12-23-19(13-17)10-11-20-16-28-26(29-25(20)23)21-14-18-7-5-6-8-22(18)24(15-21)27(2,3)4;1-10(2,3)8(12)7-9(13)11(4,5)6;/h5-9,12-13,15-16H,10-11H2,1-4H3;7,12H,1-6H3;/q-1;;/b;8-7-;. The number of benzene rings is 3. The van der Waals surface area contributed by atoms with Gasteiger partial charge < -0.3 is 5.11 Å². The minimum absolute atomic E-state index is 0. The van der Waals surface area contributed by atoms with Gasteiger partial charge in [0.15, 0.2) is 5.78 Å². The van der Waals surface area contributed by atoms with E-state index in [-0.39, 0.29) is 42.5 Å². The van der Waals surface area contributed by atoms with E-state index in [0.717, 1.165) is 35.3 Å². The Kier molecular flexibility index (Phi) is 10.3. The Morgan fingerprint density at radius 2 is 1.53 bits per heavy atom. The molecule has 0 spiro atoms. The van der Waals surface area contributed by atoms with Crippen LogP contribution in [0.1, 0.15) is 84.6 Å². The SMILES string of the molecule is CC(C)(C)C(=O)/C=C(\O)C(C)(C)C.Cc1ccc2c(c1)CCc1cnc(-c3[c-]c4ccccc4c(C(C)(C)C)c3)nc1-2.[Ir]. The van der Waals surface area contributed by atoms with Gasteiger partial charge in [0.2, 0.25) is 0 Å². The molecule has 5 rings (SSSR count). The first-order valence-electron chi connectivity index (χ1n) is 14.8. The summed E-state index contributed by atoms with van der Waals surface area (Å²) in [5, 5.41) is 11.9. The molecular formula is C38H45IrN2O2-. The van der Waals surface area contributed by atoms with Gasteiger partial charge in [0, 0.05) is 48.8 Å². The number of hydrogen-bond acceptors (Lipinski definition) is 4. The third-order valence-electron chi connectivity index (χ3n) is 7.64. The summed E-state index contributed by atoms with van der Waals surface area (Å²) in [6.45, 7) is 20.0. The van der Waals surface area contributed by atoms with Gasteiger partial charge in [-0.25, -0.2) is 0 Å². The van der Waals surface area contributed by atoms with Crippen LogP contribution in [0.25, 0.3) is 33.4 Å². The number of aromatic nitrogens is 2. The van der Waals surface area contributed by atoms with Gasteiger partial charge in [0.05, 0.1) is 11.5 Å². The second kappa shape index (κ2) is 12.8. The number of hydrogen-bond donors (Lipinski definition) is 1. The molecule has 0 bridgehead atoms. The third-order valence-corrected chi connectivity index (χ3v) is 7.64. The predicted octanol–water partition coefficient (Wildman–Crippen LogP) is 9.56. The van der Waals surface area contributed by atoms with Crippen molar-refractivity contribution in [1.82, 2.24) is 9.97 Å². The average Bonchev–Trinajstić information content (AvgIpc) is 2.90. The number of rotatable bonds is 2. The number of nitrogens with zero attached hydrogens (tertiary/aromatic N) is 2. The third kappa shape index (κ3) is 8.07. The molecule has 3 aromatic carbocycles. The number of aliphatic hydroxyl groups is 1. The zero-order valence-electron chi connectivity index (χ0n) is 27.3. The van der Waals surface area contributed by atoms with Crippen LogP contribution in [0.15, 0.2) is 66.6 Å². The first-order valence-corrected chi connectivity index (χ1v) is 14.8. The normalized spacial score (nSPS) is 13.3. The van der Waals surface area contributed by atoms with E-state index in [4.69, 9.17) is 9.97 Å². The quantitative estimate of drug-likeness (QED) is 0.126. The van der Waals surface area contributed by atoms with E-state index in [1.807, 2.05) is 47.7 Å². The molecule has 0 aliphatic heterocycles. The number of aryl methyl sites for hydroxylation is 3. The zero-order valence-corrected chi connectivity index (χ0v) is 29.7. The smallest absolute Gasteiger partial charge is 0.164 e. The second-order valence-electron chi connectivity index (χ2n) is 14.5. The van der Waals surface area contributed by atoms with Crippen molar-refractivity contribution in [3.63, 3.8) is 0 Å². The molecule has 4 aromatic rings. The Labute approximate surface area is 271 Å². The molecule has 0 fully saturated rings. The van der Waals surface area contributed by atoms with Crippen LogP contribution in [-0.4, -0.2) is 20.9 Å². The van der Waals surface area contributed by atoms with E-state index < -0.39 is 5.41 Å². The summed E-state index contributed by atoms with van der Waals surface area (Å²) in [6, 6.07) is 21.0. The van der Waals surface area contributed by atoms with Gasteiger partial charge in [0.1, 0.15) is 5.76 Å². The fourth-order valence-corrected chi connectivity index (χ4v) is 4.91. The number of aliphatic hydroxyl groups excluding tert-OH is 1. The molecule has 0 saturated carbocycles. The van der Waals surface area contributed by atoms with Crippen LogP contribution in [0.2, 0.25) is 0 Å². The number of carbonyl (C=O) groups excluding carboxylic acids is 1. The van der Waals surface area contributed by atoms with Crippen LogP contribution < -0.4 is 0 Å². The number of carbonyl (C=O) groups is 1. The molecule has 0 amide bonds. The molecule has 0 saturated heterocycles. The topological polar surface area (TPSA) is 63.1 Å². The van der Waals surface area contributed by atoms with Gasteiger partial charge in [-0.1, -0.05) is 115 Å². The van der Waals surface area contributed by atoms with Crippen LogP contribution >= 0.6 is 0 Å². The summed E-state index contributed by atoms with van der Waals surface area (Å²) in [5.41, 5.74) is 7.80. The van der Waals surface area contributed by atoms with Crippen molar-refractivity contribution in [2.75, 3.05) is 0 Å². The van der Waals surface area contributed by atoms with Crippen LogP contribution in [0.5, 0.6) is 0 Å². The molecule has 1 aliphatic carbocycles. The Morgan fingerprint density at radius 1 is 0.884 bits per heavy atom. The molecule has 4 nitrogen and oxygen atoms in total. The number of fused-ring (bicyclic) bond motifs is 4. The van der Waals surface area contributed by atoms with Crippen molar-refractivity contribution < 1.29 is 30.0 Å². The van der Waals surface area contributed by atoms with Gasteiger partial charge in [-0.3, -0.25) is 14.8 Å². The molecule has 1 radical (unpaired) electrons. The maximum atomic E-state index is 11.5. The second-order valence-corrected chi connectivity index (χ2v) is 14.5. The Hall–Kier alpha value is -3.14. The van der Waals surface area contributed by atoms with E-state index in [2.05, 4.69) is 82.3 Å². The van der Waals surface area contributed by atoms with Gasteiger partial charge in [0.25, 0.3) is 0 Å². The van der Waals surface area contributed by atoms with Crippen molar-refractivity contribution in [2.45, 2.75) is 87.5 Å². The van der Waals surface area contributed by atoms with Crippen molar-refractivity contribution in [3.05, 3.63) is 94.9 Å². The minimum atomic E-state index is -0.417. The summed E-state index contributed by atoms with van der Waals surface area (Å²) >= 11 is 0. The monoisotopic (exact) mass is 754 g/mol. The average molecular weight is 754 g/mol. The van der Waals surface area contributed by atoms with Crippen LogP contribution in [0.4, 0.5) is 0 Å². The Balaban J connectivity index is 0.000000310. The number of ketones is 1.